The molecule has 2 aromatic carbocycles. The molecule has 0 N–H and O–H groups in total. The number of hydrogen-bond donors (Lipinski definition) is 0. The number of aryl methyl sites for hydroxylation is 1. The summed E-state index contributed by atoms with van der Waals surface area (Å²) < 4.78 is 9.66. The lowest BCUT2D eigenvalue weighted by Crippen LogP contribution is -2.31. The maximum absolute atomic E-state index is 12.2. The Balaban J connectivity index is 1.99. The average Bonchev–Trinajstić information content (AvgIpc) is 2.64. The molecule has 2 rings (SSSR count). The van der Waals surface area contributed by atoms with Crippen LogP contribution in [0.15, 0.2) is 48.5 Å². The fourth-order valence-corrected chi connectivity index (χ4v) is 2.18. The molecule has 25 heavy (non-hydrogen) atoms. The molecule has 2 aromatic rings. The summed E-state index contributed by atoms with van der Waals surface area (Å²) >= 11 is 0. The maximum Gasteiger partial charge on any atom is 0.338 e. The second-order valence-corrected chi connectivity index (χ2v) is 5.44. The van der Waals surface area contributed by atoms with E-state index < -0.39 is 18.5 Å². The van der Waals surface area contributed by atoms with Crippen LogP contribution < -0.4 is 4.90 Å². The van der Waals surface area contributed by atoms with Crippen LogP contribution in [-0.4, -0.2) is 38.6 Å². The van der Waals surface area contributed by atoms with E-state index in [1.807, 2.05) is 25.1 Å². The molecule has 0 aromatic heterocycles. The molecule has 0 bridgehead atoms. The van der Waals surface area contributed by atoms with Crippen LogP contribution in [0.4, 0.5) is 5.69 Å². The number of likely N-dealkylation sites (N-methyl/N-ethyl adjacent to an activating group) is 1. The first-order valence-electron chi connectivity index (χ1n) is 7.61. The van der Waals surface area contributed by atoms with Crippen molar-refractivity contribution in [1.82, 2.24) is 0 Å². The van der Waals surface area contributed by atoms with Crippen molar-refractivity contribution in [2.45, 2.75) is 6.92 Å². The fourth-order valence-electron chi connectivity index (χ4n) is 2.18. The average molecular weight is 341 g/mol. The van der Waals surface area contributed by atoms with Crippen molar-refractivity contribution < 1.29 is 23.9 Å². The number of rotatable bonds is 5. The molecule has 0 aliphatic carbocycles. The monoisotopic (exact) mass is 341 g/mol. The molecule has 0 heterocycles. The van der Waals surface area contributed by atoms with Gasteiger partial charge in [0.25, 0.3) is 5.91 Å². The van der Waals surface area contributed by atoms with Gasteiger partial charge in [-0.15, -0.1) is 0 Å². The minimum absolute atomic E-state index is 0.175. The molecule has 0 radical (unpaired) electrons. The van der Waals surface area contributed by atoms with Crippen molar-refractivity contribution >= 4 is 23.5 Å². The van der Waals surface area contributed by atoms with E-state index in [2.05, 4.69) is 4.74 Å². The molecular weight excluding hydrogens is 322 g/mol. The van der Waals surface area contributed by atoms with Gasteiger partial charge in [-0.05, 0) is 42.8 Å². The van der Waals surface area contributed by atoms with E-state index in [0.717, 1.165) is 5.56 Å². The lowest BCUT2D eigenvalue weighted by molar-refractivity contribution is -0.121. The lowest BCUT2D eigenvalue weighted by atomic mass is 10.1. The lowest BCUT2D eigenvalue weighted by Gasteiger charge is -2.17. The summed E-state index contributed by atoms with van der Waals surface area (Å²) in [6, 6.07) is 13.4. The van der Waals surface area contributed by atoms with Gasteiger partial charge in [0.2, 0.25) is 0 Å². The minimum atomic E-state index is -0.684. The van der Waals surface area contributed by atoms with E-state index in [4.69, 9.17) is 4.74 Å². The number of anilines is 1. The summed E-state index contributed by atoms with van der Waals surface area (Å²) in [7, 11) is 2.87. The number of methoxy groups -OCH3 is 1. The molecule has 0 unspecified atom stereocenters. The molecule has 0 fully saturated rings. The Hall–Kier alpha value is -3.15. The Morgan fingerprint density at radius 2 is 1.60 bits per heavy atom. The Labute approximate surface area is 146 Å². The SMILES string of the molecule is COC(=O)c1cccc(C(=O)OCC(=O)N(C)c2cccc(C)c2)c1. The number of carbonyl (C=O) groups excluding carboxylic acids is 3. The third-order valence-corrected chi connectivity index (χ3v) is 3.61. The highest BCUT2D eigenvalue weighted by Crippen LogP contribution is 2.14. The van der Waals surface area contributed by atoms with Gasteiger partial charge in [0, 0.05) is 12.7 Å². The molecule has 0 aliphatic heterocycles. The largest absolute Gasteiger partial charge is 0.465 e. The topological polar surface area (TPSA) is 72.9 Å². The highest BCUT2D eigenvalue weighted by Gasteiger charge is 2.16. The van der Waals surface area contributed by atoms with Crippen LogP contribution >= 0.6 is 0 Å². The molecule has 130 valence electrons. The van der Waals surface area contributed by atoms with Crippen LogP contribution in [0.25, 0.3) is 0 Å². The molecule has 1 amide bonds. The smallest absolute Gasteiger partial charge is 0.338 e. The number of esters is 2. The molecule has 0 atom stereocenters. The number of amides is 1. The predicted octanol–water partition coefficient (Wildman–Crippen LogP) is 2.60. The van der Waals surface area contributed by atoms with Gasteiger partial charge in [0.1, 0.15) is 0 Å². The molecule has 0 saturated heterocycles. The first-order valence-corrected chi connectivity index (χ1v) is 7.61. The number of nitrogens with zero attached hydrogens (tertiary/aromatic N) is 1. The first kappa shape index (κ1) is 18.2. The summed E-state index contributed by atoms with van der Waals surface area (Å²) in [4.78, 5) is 37.2. The molecule has 6 nitrogen and oxygen atoms in total. The van der Waals surface area contributed by atoms with Gasteiger partial charge >= 0.3 is 11.9 Å². The van der Waals surface area contributed by atoms with E-state index in [-0.39, 0.29) is 17.0 Å². The molecule has 0 spiro atoms. The van der Waals surface area contributed by atoms with Gasteiger partial charge in [-0.25, -0.2) is 9.59 Å². The second-order valence-electron chi connectivity index (χ2n) is 5.44. The molecule has 0 aliphatic rings. The Morgan fingerprint density at radius 3 is 2.24 bits per heavy atom. The van der Waals surface area contributed by atoms with Crippen LogP contribution in [0.5, 0.6) is 0 Å². The highest BCUT2D eigenvalue weighted by atomic mass is 16.5. The van der Waals surface area contributed by atoms with E-state index in [1.165, 1.54) is 30.2 Å². The van der Waals surface area contributed by atoms with Crippen molar-refractivity contribution in [1.29, 1.82) is 0 Å². The van der Waals surface area contributed by atoms with Crippen LogP contribution in [0.2, 0.25) is 0 Å². The van der Waals surface area contributed by atoms with E-state index in [0.29, 0.717) is 5.69 Å². The zero-order valence-electron chi connectivity index (χ0n) is 14.3. The first-order chi connectivity index (χ1) is 11.9. The van der Waals surface area contributed by atoms with Gasteiger partial charge in [0.05, 0.1) is 18.2 Å². The Bertz CT molecular complexity index is 800. The summed E-state index contributed by atoms with van der Waals surface area (Å²) in [5, 5.41) is 0. The third-order valence-electron chi connectivity index (χ3n) is 3.61. The standard InChI is InChI=1S/C19H19NO5/c1-13-6-4-9-16(10-13)20(2)17(21)12-25-19(23)15-8-5-7-14(11-15)18(22)24-3/h4-11H,12H2,1-3H3. The van der Waals surface area contributed by atoms with Crippen molar-refractivity contribution in [3.05, 3.63) is 65.2 Å². The number of benzene rings is 2. The van der Waals surface area contributed by atoms with Crippen molar-refractivity contribution in [3.8, 4) is 0 Å². The van der Waals surface area contributed by atoms with E-state index in [9.17, 15) is 14.4 Å². The highest BCUT2D eigenvalue weighted by molar-refractivity contribution is 5.98. The van der Waals surface area contributed by atoms with Gasteiger partial charge in [-0.2, -0.15) is 0 Å². The number of carbonyl (C=O) groups is 3. The normalized spacial score (nSPS) is 10.0. The summed E-state index contributed by atoms with van der Waals surface area (Å²) in [5.74, 6) is -1.59. The zero-order chi connectivity index (χ0) is 18.4. The zero-order valence-corrected chi connectivity index (χ0v) is 14.3. The predicted molar refractivity (Wildman–Crippen MR) is 92.7 cm³/mol. The molecule has 0 saturated carbocycles. The summed E-state index contributed by atoms with van der Waals surface area (Å²) in [6.07, 6.45) is 0. The molecule has 6 heteroatoms. The Kier molecular flexibility index (Phi) is 5.89. The van der Waals surface area contributed by atoms with E-state index >= 15 is 0 Å². The quantitative estimate of drug-likeness (QED) is 0.782. The van der Waals surface area contributed by atoms with E-state index in [1.54, 1.807) is 19.2 Å². The van der Waals surface area contributed by atoms with Crippen LogP contribution in [-0.2, 0) is 14.3 Å². The summed E-state index contributed by atoms with van der Waals surface area (Å²) in [5.41, 5.74) is 2.15. The Morgan fingerprint density at radius 1 is 0.960 bits per heavy atom. The number of ether oxygens (including phenoxy) is 2. The van der Waals surface area contributed by atoms with Crippen molar-refractivity contribution in [3.63, 3.8) is 0 Å². The van der Waals surface area contributed by atoms with Gasteiger partial charge < -0.3 is 14.4 Å². The second kappa shape index (κ2) is 8.10. The van der Waals surface area contributed by atoms with Crippen LogP contribution in [0.1, 0.15) is 26.3 Å². The number of hydrogen-bond acceptors (Lipinski definition) is 5. The molecular formula is C19H19NO5. The minimum Gasteiger partial charge on any atom is -0.465 e. The van der Waals surface area contributed by atoms with Gasteiger partial charge in [-0.1, -0.05) is 18.2 Å². The van der Waals surface area contributed by atoms with Crippen LogP contribution in [0.3, 0.4) is 0 Å². The maximum atomic E-state index is 12.2. The van der Waals surface area contributed by atoms with Crippen molar-refractivity contribution in [2.75, 3.05) is 25.7 Å². The fraction of sp³-hybridized carbons (Fsp3) is 0.211. The van der Waals surface area contributed by atoms with Gasteiger partial charge in [-0.3, -0.25) is 4.79 Å². The van der Waals surface area contributed by atoms with Crippen molar-refractivity contribution in [2.24, 2.45) is 0 Å². The third kappa shape index (κ3) is 4.67. The van der Waals surface area contributed by atoms with Crippen LogP contribution in [0, 0.1) is 6.92 Å². The summed E-state index contributed by atoms with van der Waals surface area (Å²) in [6.45, 7) is 1.53. The van der Waals surface area contributed by atoms with Gasteiger partial charge in [0.15, 0.2) is 6.61 Å².